The fourth-order valence-corrected chi connectivity index (χ4v) is 3.85. The Kier molecular flexibility index (Phi) is 6.11. The molecule has 2 aromatic carbocycles. The van der Waals surface area contributed by atoms with Gasteiger partial charge in [-0.25, -0.2) is 4.39 Å². The summed E-state index contributed by atoms with van der Waals surface area (Å²) in [5.74, 6) is -1.02. The van der Waals surface area contributed by atoms with Crippen molar-refractivity contribution in [2.24, 2.45) is 0 Å². The van der Waals surface area contributed by atoms with E-state index in [0.717, 1.165) is 12.1 Å². The normalized spacial score (nSPS) is 15.6. The Labute approximate surface area is 187 Å². The summed E-state index contributed by atoms with van der Waals surface area (Å²) in [6.07, 6.45) is -5.50. The largest absolute Gasteiger partial charge is 0.416 e. The van der Waals surface area contributed by atoms with Gasteiger partial charge < -0.3 is 19.4 Å². The van der Waals surface area contributed by atoms with Crippen LogP contribution in [0.3, 0.4) is 0 Å². The quantitative estimate of drug-likeness (QED) is 0.577. The summed E-state index contributed by atoms with van der Waals surface area (Å²) in [7, 11) is 0. The molecule has 33 heavy (non-hydrogen) atoms. The number of amides is 1. The molecule has 1 saturated heterocycles. The van der Waals surface area contributed by atoms with Gasteiger partial charge >= 0.3 is 6.18 Å². The summed E-state index contributed by atoms with van der Waals surface area (Å²) < 4.78 is 57.6. The molecule has 6 nitrogen and oxygen atoms in total. The summed E-state index contributed by atoms with van der Waals surface area (Å²) in [5.41, 5.74) is 0.641. The second-order valence-electron chi connectivity index (χ2n) is 7.78. The SMILES string of the molecule is CC(O)c1c(-c2ccc(F)cc2)noc1C(=O)N1CCN(c2cccc(C(F)(F)F)c2)CC1. The highest BCUT2D eigenvalue weighted by atomic mass is 19.4. The molecule has 1 amide bonds. The number of alkyl halides is 3. The molecule has 10 heteroatoms. The number of aromatic nitrogens is 1. The topological polar surface area (TPSA) is 69.8 Å². The maximum atomic E-state index is 13.3. The number of benzene rings is 2. The van der Waals surface area contributed by atoms with E-state index < -0.39 is 29.6 Å². The van der Waals surface area contributed by atoms with Gasteiger partial charge in [-0.2, -0.15) is 13.2 Å². The smallest absolute Gasteiger partial charge is 0.388 e. The van der Waals surface area contributed by atoms with E-state index in [1.165, 1.54) is 42.2 Å². The van der Waals surface area contributed by atoms with Crippen LogP contribution < -0.4 is 4.90 Å². The number of anilines is 1. The van der Waals surface area contributed by atoms with E-state index in [-0.39, 0.29) is 30.1 Å². The molecule has 174 valence electrons. The Hall–Kier alpha value is -3.40. The Morgan fingerprint density at radius 1 is 1.09 bits per heavy atom. The van der Waals surface area contributed by atoms with Crippen LogP contribution >= 0.6 is 0 Å². The zero-order chi connectivity index (χ0) is 23.8. The maximum Gasteiger partial charge on any atom is 0.416 e. The first-order valence-electron chi connectivity index (χ1n) is 10.3. The monoisotopic (exact) mass is 463 g/mol. The molecule has 0 bridgehead atoms. The number of aliphatic hydroxyl groups is 1. The standard InChI is InChI=1S/C23H21F4N3O3/c1-14(31)19-20(15-5-7-17(24)8-6-15)28-33-21(19)22(32)30-11-9-29(10-12-30)18-4-2-3-16(13-18)23(25,26)27/h2-8,13-14,31H,9-12H2,1H3. The van der Waals surface area contributed by atoms with Crippen LogP contribution in [0.4, 0.5) is 23.2 Å². The van der Waals surface area contributed by atoms with Crippen LogP contribution in [0.15, 0.2) is 53.1 Å². The molecule has 1 fully saturated rings. The first-order chi connectivity index (χ1) is 15.6. The molecule has 1 atom stereocenters. The van der Waals surface area contributed by atoms with Gasteiger partial charge in [-0.05, 0) is 49.4 Å². The minimum Gasteiger partial charge on any atom is -0.388 e. The van der Waals surface area contributed by atoms with Gasteiger partial charge in [-0.3, -0.25) is 4.79 Å². The summed E-state index contributed by atoms with van der Waals surface area (Å²) >= 11 is 0. The van der Waals surface area contributed by atoms with Crippen molar-refractivity contribution in [3.8, 4) is 11.3 Å². The number of piperazine rings is 1. The van der Waals surface area contributed by atoms with Crippen LogP contribution in [0, 0.1) is 5.82 Å². The van der Waals surface area contributed by atoms with E-state index in [4.69, 9.17) is 4.52 Å². The average Bonchev–Trinajstić information content (AvgIpc) is 3.24. The second kappa shape index (κ2) is 8.86. The van der Waals surface area contributed by atoms with Gasteiger partial charge in [0.15, 0.2) is 0 Å². The lowest BCUT2D eigenvalue weighted by Crippen LogP contribution is -2.49. The van der Waals surface area contributed by atoms with Crippen molar-refractivity contribution in [1.82, 2.24) is 10.1 Å². The number of nitrogens with zero attached hydrogens (tertiary/aromatic N) is 3. The molecule has 0 aliphatic carbocycles. The predicted molar refractivity (Wildman–Crippen MR) is 112 cm³/mol. The summed E-state index contributed by atoms with van der Waals surface area (Å²) in [5, 5.41) is 14.2. The molecular formula is C23H21F4N3O3. The van der Waals surface area contributed by atoms with Gasteiger partial charge in [-0.15, -0.1) is 0 Å². The molecule has 0 saturated carbocycles. The summed E-state index contributed by atoms with van der Waals surface area (Å²) in [4.78, 5) is 16.4. The maximum absolute atomic E-state index is 13.3. The van der Waals surface area contributed by atoms with E-state index >= 15 is 0 Å². The van der Waals surface area contributed by atoms with Gasteiger partial charge in [0.25, 0.3) is 5.91 Å². The molecule has 3 aromatic rings. The lowest BCUT2D eigenvalue weighted by molar-refractivity contribution is -0.137. The van der Waals surface area contributed by atoms with Gasteiger partial charge in [0.05, 0.1) is 17.2 Å². The number of carbonyl (C=O) groups excluding carboxylic acids is 1. The highest BCUT2D eigenvalue weighted by molar-refractivity contribution is 5.95. The number of rotatable bonds is 4. The second-order valence-corrected chi connectivity index (χ2v) is 7.78. The molecule has 0 radical (unpaired) electrons. The minimum atomic E-state index is -4.43. The summed E-state index contributed by atoms with van der Waals surface area (Å²) in [6, 6.07) is 10.5. The van der Waals surface area contributed by atoms with Crippen molar-refractivity contribution in [3.05, 3.63) is 71.2 Å². The molecule has 0 spiro atoms. The van der Waals surface area contributed by atoms with Crippen LogP contribution in [0.5, 0.6) is 0 Å². The number of hydrogen-bond acceptors (Lipinski definition) is 5. The Morgan fingerprint density at radius 3 is 2.36 bits per heavy atom. The van der Waals surface area contributed by atoms with Crippen molar-refractivity contribution in [3.63, 3.8) is 0 Å². The zero-order valence-corrected chi connectivity index (χ0v) is 17.6. The van der Waals surface area contributed by atoms with Gasteiger partial charge in [0.1, 0.15) is 11.5 Å². The number of carbonyl (C=O) groups is 1. The highest BCUT2D eigenvalue weighted by Gasteiger charge is 2.33. The summed E-state index contributed by atoms with van der Waals surface area (Å²) in [6.45, 7) is 2.63. The molecule has 1 aliphatic rings. The van der Waals surface area contributed by atoms with Crippen molar-refractivity contribution < 1.29 is 32.0 Å². The van der Waals surface area contributed by atoms with Crippen molar-refractivity contribution >= 4 is 11.6 Å². The van der Waals surface area contributed by atoms with Gasteiger partial charge in [0, 0.05) is 37.4 Å². The molecule has 1 N–H and O–H groups in total. The number of aliphatic hydroxyl groups excluding tert-OH is 1. The van der Waals surface area contributed by atoms with E-state index in [1.807, 2.05) is 0 Å². The van der Waals surface area contributed by atoms with Crippen molar-refractivity contribution in [2.75, 3.05) is 31.1 Å². The third kappa shape index (κ3) is 4.70. The average molecular weight is 463 g/mol. The number of halogens is 4. The van der Waals surface area contributed by atoms with E-state index in [0.29, 0.717) is 24.3 Å². The molecule has 4 rings (SSSR count). The van der Waals surface area contributed by atoms with Gasteiger partial charge in [0.2, 0.25) is 5.76 Å². The van der Waals surface area contributed by atoms with Gasteiger partial charge in [-0.1, -0.05) is 11.2 Å². The van der Waals surface area contributed by atoms with Crippen molar-refractivity contribution in [1.29, 1.82) is 0 Å². The fraction of sp³-hybridized carbons (Fsp3) is 0.304. The molecule has 1 unspecified atom stereocenters. The van der Waals surface area contributed by atoms with Crippen molar-refractivity contribution in [2.45, 2.75) is 19.2 Å². The Morgan fingerprint density at radius 2 is 1.76 bits per heavy atom. The highest BCUT2D eigenvalue weighted by Crippen LogP contribution is 2.33. The third-order valence-corrected chi connectivity index (χ3v) is 5.56. The fourth-order valence-electron chi connectivity index (χ4n) is 3.85. The molecule has 2 heterocycles. The van der Waals surface area contributed by atoms with E-state index in [1.54, 1.807) is 11.0 Å². The lowest BCUT2D eigenvalue weighted by atomic mass is 10.0. The Balaban J connectivity index is 1.51. The first kappa shape index (κ1) is 22.8. The first-order valence-corrected chi connectivity index (χ1v) is 10.3. The van der Waals surface area contributed by atoms with Crippen LogP contribution in [0.2, 0.25) is 0 Å². The predicted octanol–water partition coefficient (Wildman–Crippen LogP) is 4.52. The Bertz CT molecular complexity index is 1130. The van der Waals surface area contributed by atoms with E-state index in [9.17, 15) is 27.5 Å². The molecule has 1 aromatic heterocycles. The minimum absolute atomic E-state index is 0.114. The van der Waals surface area contributed by atoms with E-state index in [2.05, 4.69) is 5.16 Å². The van der Waals surface area contributed by atoms with Crippen LogP contribution in [-0.4, -0.2) is 47.2 Å². The van der Waals surface area contributed by atoms with Crippen LogP contribution in [-0.2, 0) is 6.18 Å². The molecule has 1 aliphatic heterocycles. The third-order valence-electron chi connectivity index (χ3n) is 5.56. The molecular weight excluding hydrogens is 442 g/mol. The lowest BCUT2D eigenvalue weighted by Gasteiger charge is -2.36. The number of hydrogen-bond donors (Lipinski definition) is 1. The van der Waals surface area contributed by atoms with Crippen LogP contribution in [0.25, 0.3) is 11.3 Å². The van der Waals surface area contributed by atoms with Crippen LogP contribution in [0.1, 0.15) is 34.7 Å². The zero-order valence-electron chi connectivity index (χ0n) is 17.6.